The molecule has 2 fully saturated rings. The summed E-state index contributed by atoms with van der Waals surface area (Å²) in [5, 5.41) is 5.88. The van der Waals surface area contributed by atoms with Crippen molar-refractivity contribution in [3.8, 4) is 0 Å². The lowest BCUT2D eigenvalue weighted by molar-refractivity contribution is -0.126. The fraction of sp³-hybridized carbons (Fsp3) is 0.440. The molecule has 0 unspecified atom stereocenters. The fourth-order valence-corrected chi connectivity index (χ4v) is 5.11. The molecule has 0 aliphatic carbocycles. The summed E-state index contributed by atoms with van der Waals surface area (Å²) in [5.74, 6) is 0.605. The minimum absolute atomic E-state index is 0.0106. The van der Waals surface area contributed by atoms with Crippen molar-refractivity contribution in [3.63, 3.8) is 0 Å². The van der Waals surface area contributed by atoms with Crippen LogP contribution in [0.25, 0.3) is 12.2 Å². The topological polar surface area (TPSA) is 90.9 Å². The lowest BCUT2D eigenvalue weighted by Gasteiger charge is -2.32. The number of nitrogens with zero attached hydrogens (tertiary/aromatic N) is 5. The van der Waals surface area contributed by atoms with Gasteiger partial charge in [-0.15, -0.1) is 11.3 Å². The summed E-state index contributed by atoms with van der Waals surface area (Å²) < 4.78 is 5.39. The zero-order valence-electron chi connectivity index (χ0n) is 19.7. The van der Waals surface area contributed by atoms with E-state index in [-0.39, 0.29) is 11.9 Å². The first-order valence-electron chi connectivity index (χ1n) is 12.0. The Morgan fingerprint density at radius 2 is 1.97 bits per heavy atom. The van der Waals surface area contributed by atoms with Gasteiger partial charge in [0.15, 0.2) is 0 Å². The number of amides is 3. The van der Waals surface area contributed by atoms with Crippen molar-refractivity contribution in [1.82, 2.24) is 24.7 Å². The minimum atomic E-state index is -0.120. The molecule has 1 N–H and O–H groups in total. The maximum Gasteiger partial charge on any atom is 0.323 e. The second-order valence-corrected chi connectivity index (χ2v) is 9.84. The van der Waals surface area contributed by atoms with Gasteiger partial charge in [0.2, 0.25) is 5.91 Å². The average molecular weight is 495 g/mol. The first-order chi connectivity index (χ1) is 17.1. The van der Waals surface area contributed by atoms with Crippen molar-refractivity contribution in [2.75, 3.05) is 57.8 Å². The normalized spacial score (nSPS) is 19.1. The highest BCUT2D eigenvalue weighted by atomic mass is 32.1. The third kappa shape index (κ3) is 6.14. The third-order valence-electron chi connectivity index (χ3n) is 6.57. The molecule has 2 saturated heterocycles. The molecule has 3 aliphatic rings. The largest absolute Gasteiger partial charge is 0.379 e. The number of fused-ring (bicyclic) bond motifs is 1. The molecule has 5 rings (SSSR count). The number of likely N-dealkylation sites (tertiary alicyclic amines) is 1. The van der Waals surface area contributed by atoms with E-state index in [1.54, 1.807) is 23.6 Å². The molecule has 0 saturated carbocycles. The predicted molar refractivity (Wildman–Crippen MR) is 136 cm³/mol. The van der Waals surface area contributed by atoms with Crippen LogP contribution in [-0.4, -0.2) is 89.1 Å². The first kappa shape index (κ1) is 23.7. The number of anilines is 1. The minimum Gasteiger partial charge on any atom is -0.379 e. The van der Waals surface area contributed by atoms with Crippen LogP contribution in [-0.2, 0) is 16.1 Å². The van der Waals surface area contributed by atoms with Crippen LogP contribution in [0.1, 0.15) is 29.0 Å². The number of piperidine rings is 1. The van der Waals surface area contributed by atoms with E-state index in [1.807, 2.05) is 33.5 Å². The maximum absolute atomic E-state index is 12.7. The molecule has 0 radical (unpaired) electrons. The second-order valence-electron chi connectivity index (χ2n) is 8.91. The average Bonchev–Trinajstić information content (AvgIpc) is 3.40. The summed E-state index contributed by atoms with van der Waals surface area (Å²) in [6.07, 6.45) is 10.8. The molecular formula is C25H30N6O3S. The lowest BCUT2D eigenvalue weighted by atomic mass is 10.0. The van der Waals surface area contributed by atoms with Crippen molar-refractivity contribution < 1.29 is 14.3 Å². The van der Waals surface area contributed by atoms with Gasteiger partial charge < -0.3 is 14.5 Å². The molecule has 2 aromatic heterocycles. The van der Waals surface area contributed by atoms with Gasteiger partial charge >= 0.3 is 6.03 Å². The number of morpholine rings is 1. The van der Waals surface area contributed by atoms with Crippen LogP contribution in [0.5, 0.6) is 0 Å². The molecular weight excluding hydrogens is 464 g/mol. The first-order valence-corrected chi connectivity index (χ1v) is 12.9. The van der Waals surface area contributed by atoms with Crippen LogP contribution in [0.4, 0.5) is 10.6 Å². The second kappa shape index (κ2) is 11.1. The van der Waals surface area contributed by atoms with Crippen molar-refractivity contribution in [1.29, 1.82) is 0 Å². The van der Waals surface area contributed by atoms with Gasteiger partial charge in [-0.3, -0.25) is 15.0 Å². The zero-order chi connectivity index (χ0) is 24.0. The number of nitrogens with one attached hydrogen (secondary N) is 1. The number of hydrogen-bond acceptors (Lipinski definition) is 7. The Hall–Kier alpha value is -3.08. The number of ether oxygens (including phenoxy) is 1. The summed E-state index contributed by atoms with van der Waals surface area (Å²) in [7, 11) is 0. The third-order valence-corrected chi connectivity index (χ3v) is 7.29. The van der Waals surface area contributed by atoms with E-state index in [0.717, 1.165) is 61.8 Å². The molecule has 0 bridgehead atoms. The van der Waals surface area contributed by atoms with E-state index < -0.39 is 0 Å². The van der Waals surface area contributed by atoms with Gasteiger partial charge in [-0.05, 0) is 36.6 Å². The van der Waals surface area contributed by atoms with Gasteiger partial charge in [0.1, 0.15) is 10.8 Å². The molecule has 0 atom stereocenters. The summed E-state index contributed by atoms with van der Waals surface area (Å²) in [6.45, 7) is 6.70. The highest BCUT2D eigenvalue weighted by Gasteiger charge is 2.24. The highest BCUT2D eigenvalue weighted by molar-refractivity contribution is 7.10. The Balaban J connectivity index is 1.15. The molecule has 9 nitrogen and oxygen atoms in total. The molecule has 3 amide bonds. The molecule has 2 aromatic rings. The van der Waals surface area contributed by atoms with Crippen LogP contribution >= 0.6 is 11.3 Å². The standard InChI is InChI=1S/C25H30N6O3S/c32-23(30-6-3-19(4-7-30)16-22-26-5-14-35-22)2-1-20-15-21-18-31(25(33)28-24(21)27-17-20)9-8-29-10-12-34-13-11-29/h1-2,5,14-17H,3-4,6-13,18H2,(H,27,28,33)/b2-1+. The van der Waals surface area contributed by atoms with E-state index in [9.17, 15) is 9.59 Å². The van der Waals surface area contributed by atoms with E-state index in [2.05, 4.69) is 26.3 Å². The number of carbonyl (C=O) groups is 2. The Kier molecular flexibility index (Phi) is 7.51. The monoisotopic (exact) mass is 494 g/mol. The van der Waals surface area contributed by atoms with E-state index in [0.29, 0.717) is 32.0 Å². The van der Waals surface area contributed by atoms with Gasteiger partial charge in [0.05, 0.1) is 19.8 Å². The van der Waals surface area contributed by atoms with Crippen LogP contribution in [0.15, 0.2) is 35.5 Å². The van der Waals surface area contributed by atoms with E-state index in [4.69, 9.17) is 4.74 Å². The number of rotatable bonds is 6. The molecule has 5 heterocycles. The quantitative estimate of drug-likeness (QED) is 0.621. The lowest BCUT2D eigenvalue weighted by Crippen LogP contribution is -2.45. The number of thiazole rings is 1. The molecule has 0 aromatic carbocycles. The van der Waals surface area contributed by atoms with Crippen molar-refractivity contribution in [2.24, 2.45) is 0 Å². The van der Waals surface area contributed by atoms with Crippen molar-refractivity contribution >= 4 is 41.2 Å². The Labute approximate surface area is 209 Å². The summed E-state index contributed by atoms with van der Waals surface area (Å²) in [5.41, 5.74) is 3.14. The van der Waals surface area contributed by atoms with Crippen LogP contribution in [0, 0.1) is 0 Å². The molecule has 10 heteroatoms. The predicted octanol–water partition coefficient (Wildman–Crippen LogP) is 2.94. The number of carbonyl (C=O) groups excluding carboxylic acids is 2. The van der Waals surface area contributed by atoms with Gasteiger partial charge in [-0.25, -0.2) is 14.8 Å². The summed E-state index contributed by atoms with van der Waals surface area (Å²) in [4.78, 5) is 39.9. The van der Waals surface area contributed by atoms with Gasteiger partial charge in [-0.2, -0.15) is 0 Å². The number of hydrogen-bond donors (Lipinski definition) is 1. The number of pyridine rings is 1. The van der Waals surface area contributed by atoms with Gasteiger partial charge in [-0.1, -0.05) is 5.57 Å². The summed E-state index contributed by atoms with van der Waals surface area (Å²) in [6, 6.07) is 1.88. The Morgan fingerprint density at radius 1 is 1.14 bits per heavy atom. The van der Waals surface area contributed by atoms with Crippen molar-refractivity contribution in [3.05, 3.63) is 51.6 Å². The highest BCUT2D eigenvalue weighted by Crippen LogP contribution is 2.23. The van der Waals surface area contributed by atoms with E-state index >= 15 is 0 Å². The van der Waals surface area contributed by atoms with E-state index in [1.165, 1.54) is 5.57 Å². The fourth-order valence-electron chi connectivity index (χ4n) is 4.49. The molecule has 184 valence electrons. The van der Waals surface area contributed by atoms with Crippen LogP contribution in [0.2, 0.25) is 0 Å². The number of aromatic nitrogens is 2. The van der Waals surface area contributed by atoms with Crippen LogP contribution in [0.3, 0.4) is 0 Å². The number of urea groups is 1. The molecule has 0 spiro atoms. The Morgan fingerprint density at radius 3 is 2.74 bits per heavy atom. The zero-order valence-corrected chi connectivity index (χ0v) is 20.5. The van der Waals surface area contributed by atoms with Crippen LogP contribution < -0.4 is 5.32 Å². The maximum atomic E-state index is 12.7. The van der Waals surface area contributed by atoms with Gasteiger partial charge in [0.25, 0.3) is 0 Å². The smallest absolute Gasteiger partial charge is 0.323 e. The molecule has 3 aliphatic heterocycles. The Bertz CT molecular complexity index is 1100. The van der Waals surface area contributed by atoms with Crippen molar-refractivity contribution in [2.45, 2.75) is 19.4 Å². The SMILES string of the molecule is O=C(/C=C/c1cnc2c(c1)CN(CCN1CCOCC1)C(=O)N2)N1CCC(=Cc2nccs2)CC1. The molecule has 35 heavy (non-hydrogen) atoms. The van der Waals surface area contributed by atoms with Gasteiger partial charge in [0, 0.05) is 68.7 Å². The summed E-state index contributed by atoms with van der Waals surface area (Å²) >= 11 is 1.63.